The maximum atomic E-state index is 10.6. The zero-order valence-electron chi connectivity index (χ0n) is 9.08. The molecule has 0 radical (unpaired) electrons. The molecule has 0 heterocycles. The Bertz CT molecular complexity index is 401. The lowest BCUT2D eigenvalue weighted by atomic mass is 10.0. The zero-order chi connectivity index (χ0) is 11.5. The third-order valence-corrected chi connectivity index (χ3v) is 3.66. The van der Waals surface area contributed by atoms with Crippen LogP contribution in [0.4, 0.5) is 0 Å². The molecule has 16 heavy (non-hydrogen) atoms. The molecule has 1 aliphatic carbocycles. The van der Waals surface area contributed by atoms with E-state index >= 15 is 0 Å². The highest BCUT2D eigenvalue weighted by Crippen LogP contribution is 2.24. The SMILES string of the molecule is O=C(O)CC(Br)Cc1ccc2c(c1)CCC2. The topological polar surface area (TPSA) is 37.3 Å². The number of carboxylic acids is 1. The van der Waals surface area contributed by atoms with Crippen molar-refractivity contribution < 1.29 is 9.90 Å². The Kier molecular flexibility index (Phi) is 3.64. The fourth-order valence-electron chi connectivity index (χ4n) is 2.27. The van der Waals surface area contributed by atoms with Gasteiger partial charge in [-0.25, -0.2) is 0 Å². The first-order valence-corrected chi connectivity index (χ1v) is 6.53. The first-order valence-electron chi connectivity index (χ1n) is 5.61. The van der Waals surface area contributed by atoms with Gasteiger partial charge in [-0.15, -0.1) is 0 Å². The Balaban J connectivity index is 2.02. The van der Waals surface area contributed by atoms with Crippen LogP contribution in [0.5, 0.6) is 0 Å². The van der Waals surface area contributed by atoms with Crippen LogP contribution < -0.4 is 0 Å². The number of fused-ring (bicyclic) bond motifs is 1. The summed E-state index contributed by atoms with van der Waals surface area (Å²) >= 11 is 3.41. The third kappa shape index (κ3) is 2.85. The van der Waals surface area contributed by atoms with Gasteiger partial charge in [-0.3, -0.25) is 4.79 Å². The van der Waals surface area contributed by atoms with Crippen molar-refractivity contribution in [2.45, 2.75) is 36.9 Å². The number of aliphatic carboxylic acids is 1. The molecule has 1 unspecified atom stereocenters. The second kappa shape index (κ2) is 5.00. The summed E-state index contributed by atoms with van der Waals surface area (Å²) in [5.41, 5.74) is 4.16. The van der Waals surface area contributed by atoms with Crippen LogP contribution in [-0.2, 0) is 24.1 Å². The number of carboxylic acid groups (broad SMARTS) is 1. The highest BCUT2D eigenvalue weighted by atomic mass is 79.9. The Morgan fingerprint density at radius 1 is 1.38 bits per heavy atom. The molecule has 3 heteroatoms. The minimum atomic E-state index is -0.747. The van der Waals surface area contributed by atoms with E-state index in [1.165, 1.54) is 36.0 Å². The number of carbonyl (C=O) groups is 1. The number of hydrogen-bond donors (Lipinski definition) is 1. The summed E-state index contributed by atoms with van der Waals surface area (Å²) in [4.78, 5) is 10.6. The van der Waals surface area contributed by atoms with Crippen molar-refractivity contribution in [3.05, 3.63) is 34.9 Å². The van der Waals surface area contributed by atoms with E-state index in [0.29, 0.717) is 0 Å². The second-order valence-corrected chi connectivity index (χ2v) is 5.65. The number of alkyl halides is 1. The largest absolute Gasteiger partial charge is 0.481 e. The normalized spacial score (nSPS) is 15.8. The quantitative estimate of drug-likeness (QED) is 0.863. The molecule has 0 spiro atoms. The lowest BCUT2D eigenvalue weighted by Gasteiger charge is -2.08. The van der Waals surface area contributed by atoms with Gasteiger partial charge in [-0.2, -0.15) is 0 Å². The van der Waals surface area contributed by atoms with E-state index in [4.69, 9.17) is 5.11 Å². The van der Waals surface area contributed by atoms with Crippen LogP contribution in [0.3, 0.4) is 0 Å². The van der Waals surface area contributed by atoms with Gasteiger partial charge in [-0.1, -0.05) is 34.1 Å². The van der Waals surface area contributed by atoms with Gasteiger partial charge in [0.2, 0.25) is 0 Å². The van der Waals surface area contributed by atoms with Crippen molar-refractivity contribution in [1.82, 2.24) is 0 Å². The highest BCUT2D eigenvalue weighted by Gasteiger charge is 2.14. The van der Waals surface area contributed by atoms with E-state index in [2.05, 4.69) is 34.1 Å². The van der Waals surface area contributed by atoms with Crippen molar-refractivity contribution in [3.8, 4) is 0 Å². The highest BCUT2D eigenvalue weighted by molar-refractivity contribution is 9.09. The van der Waals surface area contributed by atoms with Gasteiger partial charge in [0, 0.05) is 4.83 Å². The third-order valence-electron chi connectivity index (χ3n) is 3.02. The number of benzene rings is 1. The van der Waals surface area contributed by atoms with Crippen molar-refractivity contribution in [2.24, 2.45) is 0 Å². The Hall–Kier alpha value is -0.830. The van der Waals surface area contributed by atoms with Gasteiger partial charge in [0.15, 0.2) is 0 Å². The fourth-order valence-corrected chi connectivity index (χ4v) is 2.92. The van der Waals surface area contributed by atoms with E-state index in [-0.39, 0.29) is 11.2 Å². The van der Waals surface area contributed by atoms with Crippen molar-refractivity contribution in [2.75, 3.05) is 0 Å². The summed E-state index contributed by atoms with van der Waals surface area (Å²) < 4.78 is 0. The Labute approximate surface area is 104 Å². The molecule has 1 atom stereocenters. The molecule has 0 saturated carbocycles. The molecular weight excluding hydrogens is 268 g/mol. The number of rotatable bonds is 4. The summed E-state index contributed by atoms with van der Waals surface area (Å²) in [7, 11) is 0. The first-order chi connectivity index (χ1) is 7.65. The molecule has 0 amide bonds. The van der Waals surface area contributed by atoms with Crippen molar-refractivity contribution in [3.63, 3.8) is 0 Å². The molecule has 1 aromatic carbocycles. The predicted molar refractivity (Wildman–Crippen MR) is 67.1 cm³/mol. The minimum absolute atomic E-state index is 0.0319. The van der Waals surface area contributed by atoms with Gasteiger partial charge in [0.25, 0.3) is 0 Å². The van der Waals surface area contributed by atoms with E-state index in [1.54, 1.807) is 0 Å². The van der Waals surface area contributed by atoms with Crippen LogP contribution in [0.15, 0.2) is 18.2 Å². The summed E-state index contributed by atoms with van der Waals surface area (Å²) in [6.07, 6.45) is 4.60. The maximum absolute atomic E-state index is 10.6. The number of aryl methyl sites for hydroxylation is 2. The molecule has 2 rings (SSSR count). The Morgan fingerprint density at radius 3 is 2.88 bits per heavy atom. The van der Waals surface area contributed by atoms with Gasteiger partial charge in [0.05, 0.1) is 6.42 Å². The zero-order valence-corrected chi connectivity index (χ0v) is 10.7. The van der Waals surface area contributed by atoms with Gasteiger partial charge >= 0.3 is 5.97 Å². The van der Waals surface area contributed by atoms with Crippen LogP contribution >= 0.6 is 15.9 Å². The van der Waals surface area contributed by atoms with Gasteiger partial charge in [0.1, 0.15) is 0 Å². The van der Waals surface area contributed by atoms with E-state index in [1.807, 2.05) is 0 Å². The van der Waals surface area contributed by atoms with Gasteiger partial charge < -0.3 is 5.11 Å². The lowest BCUT2D eigenvalue weighted by Crippen LogP contribution is -2.09. The molecule has 1 aromatic rings. The number of halogens is 1. The van der Waals surface area contributed by atoms with E-state index in [0.717, 1.165) is 6.42 Å². The molecular formula is C13H15BrO2. The summed E-state index contributed by atoms with van der Waals surface area (Å²) in [6, 6.07) is 6.55. The lowest BCUT2D eigenvalue weighted by molar-refractivity contribution is -0.136. The summed E-state index contributed by atoms with van der Waals surface area (Å²) in [6.45, 7) is 0. The van der Waals surface area contributed by atoms with Crippen LogP contribution in [0.2, 0.25) is 0 Å². The molecule has 1 N–H and O–H groups in total. The molecule has 0 saturated heterocycles. The van der Waals surface area contributed by atoms with Gasteiger partial charge in [-0.05, 0) is 42.4 Å². The molecule has 0 bridgehead atoms. The second-order valence-electron chi connectivity index (χ2n) is 4.36. The van der Waals surface area contributed by atoms with E-state index in [9.17, 15) is 4.79 Å². The molecule has 2 nitrogen and oxygen atoms in total. The van der Waals surface area contributed by atoms with Crippen LogP contribution in [0, 0.1) is 0 Å². The van der Waals surface area contributed by atoms with Crippen LogP contribution in [-0.4, -0.2) is 15.9 Å². The fraction of sp³-hybridized carbons (Fsp3) is 0.462. The maximum Gasteiger partial charge on any atom is 0.304 e. The first kappa shape index (κ1) is 11.6. The monoisotopic (exact) mass is 282 g/mol. The molecule has 1 aliphatic rings. The Morgan fingerprint density at radius 2 is 2.12 bits per heavy atom. The summed E-state index contributed by atoms with van der Waals surface area (Å²) in [5, 5.41) is 8.69. The molecule has 0 fully saturated rings. The average Bonchev–Trinajstić information content (AvgIpc) is 2.63. The smallest absolute Gasteiger partial charge is 0.304 e. The summed E-state index contributed by atoms with van der Waals surface area (Å²) in [5.74, 6) is -0.747. The van der Waals surface area contributed by atoms with Crippen LogP contribution in [0.1, 0.15) is 29.5 Å². The molecule has 0 aliphatic heterocycles. The van der Waals surface area contributed by atoms with E-state index < -0.39 is 5.97 Å². The average molecular weight is 283 g/mol. The molecule has 0 aromatic heterocycles. The van der Waals surface area contributed by atoms with Crippen LogP contribution in [0.25, 0.3) is 0 Å². The predicted octanol–water partition coefficient (Wildman–Crippen LogP) is 2.96. The van der Waals surface area contributed by atoms with Crippen molar-refractivity contribution >= 4 is 21.9 Å². The molecule has 86 valence electrons. The minimum Gasteiger partial charge on any atom is -0.481 e. The standard InChI is InChI=1S/C13H15BrO2/c14-12(8-13(15)16)7-9-4-5-10-2-1-3-11(10)6-9/h4-6,12H,1-3,7-8H2,(H,15,16). The number of hydrogen-bond acceptors (Lipinski definition) is 1. The van der Waals surface area contributed by atoms with Crippen molar-refractivity contribution in [1.29, 1.82) is 0 Å².